The normalized spacial score (nSPS) is 4.17. The van der Waals surface area contributed by atoms with Crippen LogP contribution in [0.3, 0.4) is 0 Å². The van der Waals surface area contributed by atoms with E-state index in [1.807, 2.05) is 0 Å². The van der Waals surface area contributed by atoms with Crippen LogP contribution in [0.4, 0.5) is 0 Å². The zero-order valence-electron chi connectivity index (χ0n) is 4.32. The van der Waals surface area contributed by atoms with Crippen LogP contribution in [0.1, 0.15) is 6.92 Å². The van der Waals surface area contributed by atoms with Gasteiger partial charge in [0, 0.05) is 35.5 Å². The molecule has 0 aliphatic heterocycles. The number of carbonyl (C=O) groups excluding carboxylic acids is 1. The fourth-order valence-corrected chi connectivity index (χ4v) is 0. The molecule has 2 nitrogen and oxygen atoms in total. The van der Waals surface area contributed by atoms with Crippen LogP contribution < -0.4 is 34.7 Å². The minimum atomic E-state index is -1.08. The largest absolute Gasteiger partial charge is 1.00 e. The Morgan fingerprint density at radius 3 is 1.67 bits per heavy atom. The van der Waals surface area contributed by atoms with Gasteiger partial charge in [-0.05, 0) is 6.92 Å². The molecule has 0 rings (SSSR count). The van der Waals surface area contributed by atoms with Gasteiger partial charge in [-0.1, -0.05) is 0 Å². The Labute approximate surface area is 80.9 Å². The summed E-state index contributed by atoms with van der Waals surface area (Å²) in [4.78, 5) is 8.89. The van der Waals surface area contributed by atoms with Gasteiger partial charge < -0.3 is 9.90 Å². The van der Waals surface area contributed by atoms with Crippen molar-refractivity contribution in [2.75, 3.05) is 0 Å². The number of hydrogen-bond donors (Lipinski definition) is 0. The van der Waals surface area contributed by atoms with E-state index in [1.54, 1.807) is 0 Å². The summed E-state index contributed by atoms with van der Waals surface area (Å²) in [7, 11) is 0. The summed E-state index contributed by atoms with van der Waals surface area (Å²) >= 11 is 0. The van der Waals surface area contributed by atoms with E-state index in [0.29, 0.717) is 0 Å². The maximum Gasteiger partial charge on any atom is 1.00 e. The predicted molar refractivity (Wildman–Crippen MR) is 16.4 cm³/mol. The Hall–Kier alpha value is 1.47. The monoisotopic (exact) mass is 105 g/mol. The molecule has 0 saturated carbocycles. The fraction of sp³-hybridized carbons (Fsp3) is 0.500. The molecule has 0 aromatic rings. The van der Waals surface area contributed by atoms with Crippen molar-refractivity contribution >= 4 is 35.5 Å². The van der Waals surface area contributed by atoms with Crippen LogP contribution in [-0.2, 0) is 4.79 Å². The molecule has 4 heteroatoms. The maximum atomic E-state index is 8.89. The van der Waals surface area contributed by atoms with E-state index in [1.165, 1.54) is 0 Å². The first-order valence-electron chi connectivity index (χ1n) is 0.908. The van der Waals surface area contributed by atoms with Gasteiger partial charge in [0.25, 0.3) is 0 Å². The average Bonchev–Trinajstić information content (AvgIpc) is 0.811. The van der Waals surface area contributed by atoms with Gasteiger partial charge in [-0.3, -0.25) is 0 Å². The first kappa shape index (κ1) is 15.6. The molecule has 0 unspecified atom stereocenters. The standard InChI is InChI=1S/C2H4O2.2Na/c1-2(3)4;;/h1H3,(H,3,4);;/q;;+1/p-1. The van der Waals surface area contributed by atoms with Gasteiger partial charge in [0.2, 0.25) is 0 Å². The molecule has 0 bridgehead atoms. The summed E-state index contributed by atoms with van der Waals surface area (Å²) in [6.45, 7) is 0.972. The number of carboxylic acid groups (broad SMARTS) is 1. The van der Waals surface area contributed by atoms with Crippen molar-refractivity contribution in [2.45, 2.75) is 6.92 Å². The number of aliphatic carboxylic acids is 1. The second-order valence-corrected chi connectivity index (χ2v) is 0.492. The third-order valence-corrected chi connectivity index (χ3v) is 0. The molecule has 0 amide bonds. The van der Waals surface area contributed by atoms with Crippen molar-refractivity contribution in [3.63, 3.8) is 0 Å². The van der Waals surface area contributed by atoms with Crippen molar-refractivity contribution in [3.05, 3.63) is 0 Å². The minimum absolute atomic E-state index is 0. The molecule has 0 spiro atoms. The number of carboxylic acids is 1. The molecular weight excluding hydrogens is 102 g/mol. The van der Waals surface area contributed by atoms with Gasteiger partial charge in [-0.15, -0.1) is 0 Å². The molecular formula is C2H3Na2O2. The minimum Gasteiger partial charge on any atom is -0.550 e. The second-order valence-electron chi connectivity index (χ2n) is 0.492. The molecule has 0 atom stereocenters. The van der Waals surface area contributed by atoms with Crippen LogP contribution in [0.5, 0.6) is 0 Å². The van der Waals surface area contributed by atoms with Crippen LogP contribution in [0.2, 0.25) is 0 Å². The van der Waals surface area contributed by atoms with Crippen molar-refractivity contribution in [3.8, 4) is 0 Å². The first-order valence-corrected chi connectivity index (χ1v) is 0.908. The molecule has 25 valence electrons. The molecule has 0 fully saturated rings. The van der Waals surface area contributed by atoms with Gasteiger partial charge >= 0.3 is 29.6 Å². The fourth-order valence-electron chi connectivity index (χ4n) is 0. The van der Waals surface area contributed by atoms with Crippen molar-refractivity contribution in [2.24, 2.45) is 0 Å². The van der Waals surface area contributed by atoms with Gasteiger partial charge in [0.1, 0.15) is 0 Å². The molecule has 0 N–H and O–H groups in total. The Morgan fingerprint density at radius 1 is 1.67 bits per heavy atom. The number of hydrogen-bond acceptors (Lipinski definition) is 2. The molecule has 0 aliphatic carbocycles. The summed E-state index contributed by atoms with van der Waals surface area (Å²) < 4.78 is 0. The van der Waals surface area contributed by atoms with Crippen LogP contribution >= 0.6 is 0 Å². The zero-order chi connectivity index (χ0) is 3.58. The van der Waals surface area contributed by atoms with E-state index in [2.05, 4.69) is 0 Å². The Balaban J connectivity index is -0.0000000450. The van der Waals surface area contributed by atoms with E-state index in [0.717, 1.165) is 6.92 Å². The van der Waals surface area contributed by atoms with Crippen LogP contribution in [0, 0.1) is 0 Å². The summed E-state index contributed by atoms with van der Waals surface area (Å²) in [5, 5.41) is 8.89. The van der Waals surface area contributed by atoms with Gasteiger partial charge in [-0.25, -0.2) is 0 Å². The van der Waals surface area contributed by atoms with Gasteiger partial charge in [-0.2, -0.15) is 0 Å². The first-order chi connectivity index (χ1) is 1.73. The summed E-state index contributed by atoms with van der Waals surface area (Å²) in [6, 6.07) is 0. The Morgan fingerprint density at radius 2 is 1.67 bits per heavy atom. The topological polar surface area (TPSA) is 40.1 Å². The van der Waals surface area contributed by atoms with E-state index in [9.17, 15) is 0 Å². The third kappa shape index (κ3) is 50.6. The molecule has 0 aromatic carbocycles. The van der Waals surface area contributed by atoms with E-state index < -0.39 is 5.97 Å². The second kappa shape index (κ2) is 9.69. The van der Waals surface area contributed by atoms with Gasteiger partial charge in [0.15, 0.2) is 0 Å². The van der Waals surface area contributed by atoms with Gasteiger partial charge in [0.05, 0.1) is 0 Å². The maximum absolute atomic E-state index is 8.89. The van der Waals surface area contributed by atoms with Crippen LogP contribution in [-0.4, -0.2) is 35.5 Å². The van der Waals surface area contributed by atoms with Crippen molar-refractivity contribution in [1.29, 1.82) is 0 Å². The number of carbonyl (C=O) groups is 1. The molecule has 6 heavy (non-hydrogen) atoms. The summed E-state index contributed by atoms with van der Waals surface area (Å²) in [5.74, 6) is -1.08. The number of rotatable bonds is 0. The molecule has 0 aromatic heterocycles. The SMILES string of the molecule is CC(=O)[O-].[Na+].[Na]. The zero-order valence-corrected chi connectivity index (χ0v) is 8.32. The predicted octanol–water partition coefficient (Wildman–Crippen LogP) is -4.62. The smallest absolute Gasteiger partial charge is 0.550 e. The van der Waals surface area contributed by atoms with E-state index >= 15 is 0 Å². The molecule has 1 radical (unpaired) electrons. The Bertz CT molecular complexity index is 32.5. The van der Waals surface area contributed by atoms with Crippen LogP contribution in [0.15, 0.2) is 0 Å². The van der Waals surface area contributed by atoms with Crippen LogP contribution in [0.25, 0.3) is 0 Å². The molecule has 0 aliphatic rings. The summed E-state index contributed by atoms with van der Waals surface area (Å²) in [5.41, 5.74) is 0. The Kier molecular flexibility index (Phi) is 25.3. The molecule has 0 heterocycles. The average molecular weight is 105 g/mol. The summed E-state index contributed by atoms with van der Waals surface area (Å²) in [6.07, 6.45) is 0. The quantitative estimate of drug-likeness (QED) is 0.291. The van der Waals surface area contributed by atoms with Crippen molar-refractivity contribution in [1.82, 2.24) is 0 Å². The van der Waals surface area contributed by atoms with Crippen molar-refractivity contribution < 1.29 is 39.5 Å². The molecule has 0 saturated heterocycles. The third-order valence-electron chi connectivity index (χ3n) is 0. The van der Waals surface area contributed by atoms with E-state index in [4.69, 9.17) is 9.90 Å². The van der Waals surface area contributed by atoms with E-state index in [-0.39, 0.29) is 59.1 Å².